The summed E-state index contributed by atoms with van der Waals surface area (Å²) in [5.41, 5.74) is 6.15. The van der Waals surface area contributed by atoms with E-state index in [-0.39, 0.29) is 18.2 Å². The molecule has 0 saturated heterocycles. The zero-order valence-corrected chi connectivity index (χ0v) is 11.4. The average Bonchev–Trinajstić information content (AvgIpc) is 2.41. The average molecular weight is 294 g/mol. The van der Waals surface area contributed by atoms with Crippen molar-refractivity contribution >= 4 is 21.5 Å². The van der Waals surface area contributed by atoms with Gasteiger partial charge in [-0.25, -0.2) is 13.4 Å². The van der Waals surface area contributed by atoms with Gasteiger partial charge in [-0.05, 0) is 12.1 Å². The predicted molar refractivity (Wildman–Crippen MR) is 75.8 cm³/mol. The summed E-state index contributed by atoms with van der Waals surface area (Å²) in [5, 5.41) is 0. The Kier molecular flexibility index (Phi) is 4.36. The number of nitrogen functional groups attached to an aromatic ring is 1. The molecule has 3 N–H and O–H groups in total. The normalized spacial score (nSPS) is 11.0. The van der Waals surface area contributed by atoms with Crippen molar-refractivity contribution in [1.82, 2.24) is 9.97 Å². The lowest BCUT2D eigenvalue weighted by atomic mass is 10.3. The first-order chi connectivity index (χ1) is 9.57. The SMILES string of the molecule is Nc1ccccc1OCCS(=O)(=O)Nc1cnccn1. The van der Waals surface area contributed by atoms with Gasteiger partial charge >= 0.3 is 0 Å². The molecule has 1 aromatic carbocycles. The molecule has 0 atom stereocenters. The Morgan fingerprint density at radius 3 is 2.75 bits per heavy atom. The van der Waals surface area contributed by atoms with Crippen molar-refractivity contribution in [3.05, 3.63) is 42.9 Å². The van der Waals surface area contributed by atoms with Crippen molar-refractivity contribution in [2.45, 2.75) is 0 Å². The Bertz CT molecular complexity index is 661. The highest BCUT2D eigenvalue weighted by molar-refractivity contribution is 7.92. The lowest BCUT2D eigenvalue weighted by Crippen LogP contribution is -2.22. The van der Waals surface area contributed by atoms with E-state index < -0.39 is 10.0 Å². The molecular formula is C12H14N4O3S. The topological polar surface area (TPSA) is 107 Å². The Morgan fingerprint density at radius 1 is 1.25 bits per heavy atom. The second kappa shape index (κ2) is 6.20. The molecule has 0 saturated carbocycles. The molecule has 7 nitrogen and oxygen atoms in total. The summed E-state index contributed by atoms with van der Waals surface area (Å²) in [6, 6.07) is 6.90. The summed E-state index contributed by atoms with van der Waals surface area (Å²) in [4.78, 5) is 7.60. The highest BCUT2D eigenvalue weighted by Crippen LogP contribution is 2.19. The van der Waals surface area contributed by atoms with Crippen LogP contribution >= 0.6 is 0 Å². The van der Waals surface area contributed by atoms with Crippen molar-refractivity contribution in [3.63, 3.8) is 0 Å². The molecule has 0 amide bonds. The molecule has 0 spiro atoms. The van der Waals surface area contributed by atoms with Gasteiger partial charge in [0.15, 0.2) is 5.82 Å². The van der Waals surface area contributed by atoms with Crippen LogP contribution in [-0.2, 0) is 10.0 Å². The van der Waals surface area contributed by atoms with Crippen molar-refractivity contribution in [3.8, 4) is 5.75 Å². The van der Waals surface area contributed by atoms with Gasteiger partial charge in [-0.3, -0.25) is 9.71 Å². The van der Waals surface area contributed by atoms with Gasteiger partial charge in [-0.2, -0.15) is 0 Å². The number of aromatic nitrogens is 2. The van der Waals surface area contributed by atoms with Crippen LogP contribution in [0.3, 0.4) is 0 Å². The fourth-order valence-corrected chi connectivity index (χ4v) is 2.26. The van der Waals surface area contributed by atoms with Crippen LogP contribution < -0.4 is 15.2 Å². The van der Waals surface area contributed by atoms with E-state index in [1.807, 2.05) is 0 Å². The highest BCUT2D eigenvalue weighted by atomic mass is 32.2. The number of rotatable bonds is 6. The van der Waals surface area contributed by atoms with E-state index in [2.05, 4.69) is 14.7 Å². The first kappa shape index (κ1) is 14.1. The first-order valence-electron chi connectivity index (χ1n) is 5.81. The molecule has 0 aliphatic rings. The molecule has 0 aliphatic heterocycles. The minimum Gasteiger partial charge on any atom is -0.490 e. The molecule has 0 fully saturated rings. The first-order valence-corrected chi connectivity index (χ1v) is 7.46. The molecule has 0 unspecified atom stereocenters. The van der Waals surface area contributed by atoms with Crippen molar-refractivity contribution < 1.29 is 13.2 Å². The quantitative estimate of drug-likeness (QED) is 0.766. The van der Waals surface area contributed by atoms with E-state index in [0.29, 0.717) is 11.4 Å². The van der Waals surface area contributed by atoms with E-state index in [0.717, 1.165) is 0 Å². The maximum absolute atomic E-state index is 11.8. The summed E-state index contributed by atoms with van der Waals surface area (Å²) >= 11 is 0. The third-order valence-electron chi connectivity index (χ3n) is 2.35. The molecule has 20 heavy (non-hydrogen) atoms. The van der Waals surface area contributed by atoms with Gasteiger partial charge in [0.1, 0.15) is 18.1 Å². The van der Waals surface area contributed by atoms with Gasteiger partial charge in [0.2, 0.25) is 10.0 Å². The Morgan fingerprint density at radius 2 is 2.05 bits per heavy atom. The summed E-state index contributed by atoms with van der Waals surface area (Å²) in [6.07, 6.45) is 4.19. The van der Waals surface area contributed by atoms with E-state index in [1.165, 1.54) is 18.6 Å². The number of para-hydroxylation sites is 2. The largest absolute Gasteiger partial charge is 0.490 e. The van der Waals surface area contributed by atoms with Gasteiger partial charge in [0.05, 0.1) is 11.9 Å². The van der Waals surface area contributed by atoms with Gasteiger partial charge in [0.25, 0.3) is 0 Å². The Balaban J connectivity index is 1.89. The highest BCUT2D eigenvalue weighted by Gasteiger charge is 2.12. The summed E-state index contributed by atoms with van der Waals surface area (Å²) < 4.78 is 31.2. The molecular weight excluding hydrogens is 280 g/mol. The maximum atomic E-state index is 11.8. The number of anilines is 2. The lowest BCUT2D eigenvalue weighted by Gasteiger charge is -2.09. The van der Waals surface area contributed by atoms with Crippen LogP contribution in [-0.4, -0.2) is 30.7 Å². The number of ether oxygens (including phenoxy) is 1. The number of nitrogens with one attached hydrogen (secondary N) is 1. The van der Waals surface area contributed by atoms with E-state index in [4.69, 9.17) is 10.5 Å². The molecule has 106 valence electrons. The monoisotopic (exact) mass is 294 g/mol. The van der Waals surface area contributed by atoms with Crippen LogP contribution in [0.25, 0.3) is 0 Å². The van der Waals surface area contributed by atoms with Crippen LogP contribution in [0.2, 0.25) is 0 Å². The van der Waals surface area contributed by atoms with E-state index >= 15 is 0 Å². The van der Waals surface area contributed by atoms with Crippen LogP contribution in [0.1, 0.15) is 0 Å². The van der Waals surface area contributed by atoms with Gasteiger partial charge in [-0.1, -0.05) is 12.1 Å². The third-order valence-corrected chi connectivity index (χ3v) is 3.58. The van der Waals surface area contributed by atoms with Gasteiger partial charge in [0, 0.05) is 12.4 Å². The van der Waals surface area contributed by atoms with Crippen LogP contribution in [0, 0.1) is 0 Å². The fraction of sp³-hybridized carbons (Fsp3) is 0.167. The number of nitrogens with zero attached hydrogens (tertiary/aromatic N) is 2. The molecule has 2 aromatic rings. The molecule has 2 rings (SSSR count). The molecule has 0 aliphatic carbocycles. The summed E-state index contributed by atoms with van der Waals surface area (Å²) in [7, 11) is -3.54. The lowest BCUT2D eigenvalue weighted by molar-refractivity contribution is 0.343. The minimum absolute atomic E-state index is 0.0101. The standard InChI is InChI=1S/C12H14N4O3S/c13-10-3-1-2-4-11(10)19-7-8-20(17,18)16-12-9-14-5-6-15-12/h1-6,9H,7-8,13H2,(H,15,16). The maximum Gasteiger partial charge on any atom is 0.237 e. The Hall–Kier alpha value is -2.35. The molecule has 1 aromatic heterocycles. The second-order valence-electron chi connectivity index (χ2n) is 3.90. The van der Waals surface area contributed by atoms with Crippen LogP contribution in [0.15, 0.2) is 42.9 Å². The summed E-state index contributed by atoms with van der Waals surface area (Å²) in [6.45, 7) is -0.0101. The predicted octanol–water partition coefficient (Wildman–Crippen LogP) is 0.879. The summed E-state index contributed by atoms with van der Waals surface area (Å²) in [5.74, 6) is 0.423. The van der Waals surface area contributed by atoms with Crippen molar-refractivity contribution in [1.29, 1.82) is 0 Å². The number of nitrogens with two attached hydrogens (primary N) is 1. The number of hydrogen-bond acceptors (Lipinski definition) is 6. The van der Waals surface area contributed by atoms with Gasteiger partial charge < -0.3 is 10.5 Å². The Labute approximate surface area is 116 Å². The van der Waals surface area contributed by atoms with Crippen LogP contribution in [0.5, 0.6) is 5.75 Å². The van der Waals surface area contributed by atoms with Gasteiger partial charge in [-0.15, -0.1) is 0 Å². The number of sulfonamides is 1. The molecule has 0 bridgehead atoms. The van der Waals surface area contributed by atoms with E-state index in [9.17, 15) is 8.42 Å². The van der Waals surface area contributed by atoms with E-state index in [1.54, 1.807) is 24.3 Å². The molecule has 0 radical (unpaired) electrons. The third kappa shape index (κ3) is 4.09. The number of benzene rings is 1. The zero-order chi connectivity index (χ0) is 14.4. The van der Waals surface area contributed by atoms with Crippen molar-refractivity contribution in [2.75, 3.05) is 22.8 Å². The second-order valence-corrected chi connectivity index (χ2v) is 5.74. The minimum atomic E-state index is -3.54. The number of hydrogen-bond donors (Lipinski definition) is 2. The molecule has 8 heteroatoms. The zero-order valence-electron chi connectivity index (χ0n) is 10.6. The fourth-order valence-electron chi connectivity index (χ4n) is 1.44. The van der Waals surface area contributed by atoms with Crippen LogP contribution in [0.4, 0.5) is 11.5 Å². The van der Waals surface area contributed by atoms with Crippen molar-refractivity contribution in [2.24, 2.45) is 0 Å². The molecule has 1 heterocycles. The smallest absolute Gasteiger partial charge is 0.237 e.